The molecule has 2 aliphatic heterocycles. The first kappa shape index (κ1) is 19.3. The van der Waals surface area contributed by atoms with E-state index < -0.39 is 0 Å². The van der Waals surface area contributed by atoms with Crippen molar-refractivity contribution >= 4 is 23.1 Å². The molecule has 160 valence electrons. The number of carbonyl (C=O) groups is 2. The molecule has 4 heterocycles. The second kappa shape index (κ2) is 7.26. The molecular formula is C22H23N5O4. The van der Waals surface area contributed by atoms with Crippen molar-refractivity contribution in [2.24, 2.45) is 0 Å². The third-order valence-electron chi connectivity index (χ3n) is 5.46. The Hall–Kier alpha value is -3.62. The first-order valence-electron chi connectivity index (χ1n) is 10.3. The maximum absolute atomic E-state index is 13.0. The van der Waals surface area contributed by atoms with Gasteiger partial charge in [-0.3, -0.25) is 9.59 Å². The average molecular weight is 421 g/mol. The molecule has 5 rings (SSSR count). The van der Waals surface area contributed by atoms with E-state index in [0.29, 0.717) is 35.7 Å². The summed E-state index contributed by atoms with van der Waals surface area (Å²) in [7, 11) is 0. The third kappa shape index (κ3) is 3.78. The first-order valence-corrected chi connectivity index (χ1v) is 10.3. The van der Waals surface area contributed by atoms with Crippen LogP contribution in [0.5, 0.6) is 11.5 Å². The van der Waals surface area contributed by atoms with Gasteiger partial charge in [-0.05, 0) is 32.4 Å². The normalized spacial score (nSPS) is 19.0. The molecule has 0 radical (unpaired) electrons. The largest absolute Gasteiger partial charge is 0.489 e. The minimum Gasteiger partial charge on any atom is -0.489 e. The molecule has 0 saturated carbocycles. The smallest absolute Gasteiger partial charge is 0.261 e. The van der Waals surface area contributed by atoms with Crippen molar-refractivity contribution < 1.29 is 19.1 Å². The molecule has 2 N–H and O–H groups in total. The highest BCUT2D eigenvalue weighted by Crippen LogP contribution is 2.41. The molecule has 0 aliphatic carbocycles. The van der Waals surface area contributed by atoms with E-state index in [1.165, 1.54) is 6.20 Å². The highest BCUT2D eigenvalue weighted by molar-refractivity contribution is 6.08. The van der Waals surface area contributed by atoms with Gasteiger partial charge in [-0.15, -0.1) is 0 Å². The van der Waals surface area contributed by atoms with Gasteiger partial charge >= 0.3 is 0 Å². The number of hydrogen-bond donors (Lipinski definition) is 2. The zero-order valence-electron chi connectivity index (χ0n) is 17.3. The van der Waals surface area contributed by atoms with Crippen LogP contribution in [0, 0.1) is 0 Å². The van der Waals surface area contributed by atoms with E-state index in [9.17, 15) is 9.59 Å². The molecule has 1 aromatic carbocycles. The molecule has 31 heavy (non-hydrogen) atoms. The van der Waals surface area contributed by atoms with Crippen LogP contribution < -0.4 is 20.1 Å². The number of anilines is 1. The lowest BCUT2D eigenvalue weighted by Crippen LogP contribution is -2.31. The Kier molecular flexibility index (Phi) is 4.53. The molecule has 9 heteroatoms. The average Bonchev–Trinajstić information content (AvgIpc) is 3.41. The molecule has 1 saturated heterocycles. The van der Waals surface area contributed by atoms with Crippen LogP contribution in [0.1, 0.15) is 42.6 Å². The number of rotatable bonds is 5. The number of ether oxygens (including phenoxy) is 2. The summed E-state index contributed by atoms with van der Waals surface area (Å²) in [5.74, 6) is 0.939. The number of amides is 2. The van der Waals surface area contributed by atoms with E-state index >= 15 is 0 Å². The maximum Gasteiger partial charge on any atom is 0.261 e. The number of carbonyl (C=O) groups excluding carboxylic acids is 2. The lowest BCUT2D eigenvalue weighted by atomic mass is 10.0. The zero-order valence-corrected chi connectivity index (χ0v) is 17.3. The van der Waals surface area contributed by atoms with E-state index in [0.717, 1.165) is 24.2 Å². The summed E-state index contributed by atoms with van der Waals surface area (Å²) in [4.78, 5) is 28.8. The molecule has 1 atom stereocenters. The second-order valence-electron chi connectivity index (χ2n) is 8.51. The summed E-state index contributed by atoms with van der Waals surface area (Å²) in [6.45, 7) is 4.35. The summed E-state index contributed by atoms with van der Waals surface area (Å²) in [6.07, 6.45) is 6.80. The zero-order chi connectivity index (χ0) is 21.6. The van der Waals surface area contributed by atoms with E-state index in [4.69, 9.17) is 9.47 Å². The van der Waals surface area contributed by atoms with E-state index in [2.05, 4.69) is 20.7 Å². The number of benzene rings is 1. The van der Waals surface area contributed by atoms with Crippen molar-refractivity contribution in [1.82, 2.24) is 19.9 Å². The summed E-state index contributed by atoms with van der Waals surface area (Å²) < 4.78 is 13.6. The summed E-state index contributed by atoms with van der Waals surface area (Å²) >= 11 is 0. The van der Waals surface area contributed by atoms with Gasteiger partial charge in [0.05, 0.1) is 17.9 Å². The Morgan fingerprint density at radius 3 is 3.10 bits per heavy atom. The molecule has 2 aromatic heterocycles. The monoisotopic (exact) mass is 421 g/mol. The molecule has 3 aromatic rings. The van der Waals surface area contributed by atoms with Gasteiger partial charge in [0.2, 0.25) is 5.91 Å². The second-order valence-corrected chi connectivity index (χ2v) is 8.51. The molecule has 9 nitrogen and oxygen atoms in total. The predicted molar refractivity (Wildman–Crippen MR) is 112 cm³/mol. The quantitative estimate of drug-likeness (QED) is 0.655. The van der Waals surface area contributed by atoms with Crippen molar-refractivity contribution in [2.75, 3.05) is 11.9 Å². The van der Waals surface area contributed by atoms with Gasteiger partial charge in [-0.2, -0.15) is 5.10 Å². The first-order chi connectivity index (χ1) is 14.9. The Bertz CT molecular complexity index is 1190. The van der Waals surface area contributed by atoms with Crippen LogP contribution in [-0.2, 0) is 11.2 Å². The Balaban J connectivity index is 1.43. The molecule has 2 aliphatic rings. The highest BCUT2D eigenvalue weighted by Gasteiger charge is 2.32. The lowest BCUT2D eigenvalue weighted by Gasteiger charge is -2.18. The van der Waals surface area contributed by atoms with E-state index in [1.54, 1.807) is 23.0 Å². The number of nitrogens with zero attached hydrogens (tertiary/aromatic N) is 3. The number of aromatic nitrogens is 3. The minimum absolute atomic E-state index is 0.0294. The fraction of sp³-hybridized carbons (Fsp3) is 0.364. The topological polar surface area (TPSA) is 107 Å². The van der Waals surface area contributed by atoms with Gasteiger partial charge in [0.15, 0.2) is 5.65 Å². The van der Waals surface area contributed by atoms with Crippen LogP contribution >= 0.6 is 0 Å². The fourth-order valence-electron chi connectivity index (χ4n) is 4.02. The van der Waals surface area contributed by atoms with Gasteiger partial charge < -0.3 is 20.1 Å². The highest BCUT2D eigenvalue weighted by atomic mass is 16.5. The number of nitrogens with one attached hydrogen (secondary N) is 2. The van der Waals surface area contributed by atoms with Gasteiger partial charge in [-0.1, -0.05) is 0 Å². The Labute approximate surface area is 178 Å². The number of fused-ring (bicyclic) bond motifs is 2. The summed E-state index contributed by atoms with van der Waals surface area (Å²) in [5, 5.41) is 10.0. The maximum atomic E-state index is 13.0. The van der Waals surface area contributed by atoms with Gasteiger partial charge in [0.1, 0.15) is 29.3 Å². The fourth-order valence-corrected chi connectivity index (χ4v) is 4.02. The Morgan fingerprint density at radius 2 is 2.29 bits per heavy atom. The van der Waals surface area contributed by atoms with Crippen molar-refractivity contribution in [1.29, 1.82) is 0 Å². The predicted octanol–water partition coefficient (Wildman–Crippen LogP) is 2.35. The van der Waals surface area contributed by atoms with Crippen molar-refractivity contribution in [2.45, 2.75) is 44.8 Å². The standard InChI is InChI=1S/C22H23N5O4/c1-22(2)10-13-8-16(26-21(29)15-11-24-27-7-3-6-23-20(15)27)18(9-17(13)31-22)30-12-14-4-5-19(28)25-14/h3,6-9,11,14H,4-5,10,12H2,1-2H3,(H,25,28)(H,26,29). The van der Waals surface area contributed by atoms with Crippen LogP contribution in [0.3, 0.4) is 0 Å². The molecule has 2 amide bonds. The van der Waals surface area contributed by atoms with E-state index in [1.807, 2.05) is 26.0 Å². The van der Waals surface area contributed by atoms with Crippen molar-refractivity contribution in [3.8, 4) is 11.5 Å². The van der Waals surface area contributed by atoms with Crippen molar-refractivity contribution in [3.63, 3.8) is 0 Å². The van der Waals surface area contributed by atoms with Crippen LogP contribution in [0.4, 0.5) is 5.69 Å². The molecule has 0 spiro atoms. The SMILES string of the molecule is CC1(C)Cc2cc(NC(=O)c3cnn4cccnc34)c(OCC3CCC(=O)N3)cc2O1. The lowest BCUT2D eigenvalue weighted by molar-refractivity contribution is -0.119. The molecule has 1 fully saturated rings. The Morgan fingerprint density at radius 1 is 1.42 bits per heavy atom. The molecular weight excluding hydrogens is 398 g/mol. The van der Waals surface area contributed by atoms with E-state index in [-0.39, 0.29) is 23.5 Å². The number of hydrogen-bond acceptors (Lipinski definition) is 6. The van der Waals surface area contributed by atoms with Crippen LogP contribution in [0.15, 0.2) is 36.8 Å². The summed E-state index contributed by atoms with van der Waals surface area (Å²) in [6, 6.07) is 5.40. The van der Waals surface area contributed by atoms with Crippen LogP contribution in [0.2, 0.25) is 0 Å². The minimum atomic E-state index is -0.328. The van der Waals surface area contributed by atoms with Gasteiger partial charge in [0.25, 0.3) is 5.91 Å². The van der Waals surface area contributed by atoms with Gasteiger partial charge in [-0.25, -0.2) is 9.50 Å². The van der Waals surface area contributed by atoms with Crippen LogP contribution in [-0.4, -0.2) is 44.7 Å². The van der Waals surface area contributed by atoms with Gasteiger partial charge in [0, 0.05) is 36.9 Å². The molecule has 1 unspecified atom stereocenters. The van der Waals surface area contributed by atoms with Crippen LogP contribution in [0.25, 0.3) is 5.65 Å². The third-order valence-corrected chi connectivity index (χ3v) is 5.46. The van der Waals surface area contributed by atoms with Crippen molar-refractivity contribution in [3.05, 3.63) is 47.9 Å². The molecule has 0 bridgehead atoms. The summed E-state index contributed by atoms with van der Waals surface area (Å²) in [5.41, 5.74) is 2.06.